The molecule has 6 heteroatoms. The van der Waals surface area contributed by atoms with Gasteiger partial charge in [0, 0.05) is 25.2 Å². The van der Waals surface area contributed by atoms with Crippen molar-refractivity contribution in [2.45, 2.75) is 51.0 Å². The zero-order chi connectivity index (χ0) is 18.0. The van der Waals surface area contributed by atoms with Crippen molar-refractivity contribution in [1.29, 1.82) is 0 Å². The number of carbonyl (C=O) groups is 1. The number of piperidine rings is 1. The number of ether oxygens (including phenoxy) is 2. The first-order valence-corrected chi connectivity index (χ1v) is 10.0. The van der Waals surface area contributed by atoms with Crippen molar-refractivity contribution in [1.82, 2.24) is 10.2 Å². The average molecular weight is 395 g/mol. The van der Waals surface area contributed by atoms with Gasteiger partial charge in [-0.25, -0.2) is 0 Å². The van der Waals surface area contributed by atoms with Crippen LogP contribution < -0.4 is 14.8 Å². The van der Waals surface area contributed by atoms with Crippen molar-refractivity contribution < 1.29 is 14.3 Å². The second kappa shape index (κ2) is 8.70. The quantitative estimate of drug-likeness (QED) is 0.846. The number of nitrogens with one attached hydrogen (secondary N) is 1. The summed E-state index contributed by atoms with van der Waals surface area (Å²) in [6.07, 6.45) is 8.41. The predicted octanol–water partition coefficient (Wildman–Crippen LogP) is 3.65. The van der Waals surface area contributed by atoms with Crippen LogP contribution in [-0.4, -0.2) is 50.2 Å². The maximum Gasteiger partial charge on any atom is 0.253 e. The Morgan fingerprint density at radius 3 is 2.52 bits per heavy atom. The van der Waals surface area contributed by atoms with Gasteiger partial charge in [0.05, 0.1) is 13.2 Å². The first kappa shape index (κ1) is 20.3. The number of benzene rings is 1. The van der Waals surface area contributed by atoms with Gasteiger partial charge in [0.2, 0.25) is 0 Å². The third-order valence-corrected chi connectivity index (χ3v) is 6.45. The molecule has 1 saturated carbocycles. The second-order valence-corrected chi connectivity index (χ2v) is 8.11. The molecule has 1 aromatic carbocycles. The minimum Gasteiger partial charge on any atom is -0.493 e. The molecular formula is C21H31ClN2O3. The van der Waals surface area contributed by atoms with Crippen LogP contribution in [0.15, 0.2) is 18.2 Å². The number of likely N-dealkylation sites (tertiary alicyclic amines) is 1. The van der Waals surface area contributed by atoms with Crippen molar-refractivity contribution in [3.05, 3.63) is 23.8 Å². The molecule has 0 bridgehead atoms. The first-order valence-electron chi connectivity index (χ1n) is 10.0. The molecule has 4 rings (SSSR count). The molecular weight excluding hydrogens is 364 g/mol. The Morgan fingerprint density at radius 2 is 1.89 bits per heavy atom. The number of nitrogens with zero attached hydrogens (tertiary/aromatic N) is 1. The standard InChI is InChI=1S/C21H30N2O3.ClH/c1-25-19-14-16(6-7-18(19)26-17-4-2-3-5-17)20(24)23-12-9-21(10-13-23)8-11-22-15-21;/h6-7,14,17,22H,2-5,8-13,15H2,1H3;1H. The summed E-state index contributed by atoms with van der Waals surface area (Å²) < 4.78 is 11.6. The van der Waals surface area contributed by atoms with E-state index in [1.807, 2.05) is 23.1 Å². The van der Waals surface area contributed by atoms with Crippen LogP contribution in [0.3, 0.4) is 0 Å². The Morgan fingerprint density at radius 1 is 1.15 bits per heavy atom. The van der Waals surface area contributed by atoms with Crippen molar-refractivity contribution in [2.75, 3.05) is 33.3 Å². The van der Waals surface area contributed by atoms with Crippen LogP contribution in [0, 0.1) is 5.41 Å². The largest absolute Gasteiger partial charge is 0.493 e. The molecule has 27 heavy (non-hydrogen) atoms. The molecule has 1 amide bonds. The lowest BCUT2D eigenvalue weighted by molar-refractivity contribution is 0.0607. The van der Waals surface area contributed by atoms with Crippen LogP contribution in [0.25, 0.3) is 0 Å². The van der Waals surface area contributed by atoms with Crippen LogP contribution in [0.4, 0.5) is 0 Å². The fourth-order valence-electron chi connectivity index (χ4n) is 4.67. The molecule has 0 atom stereocenters. The average Bonchev–Trinajstić information content (AvgIpc) is 3.35. The first-order chi connectivity index (χ1) is 12.7. The molecule has 3 aliphatic rings. The van der Waals surface area contributed by atoms with E-state index in [4.69, 9.17) is 9.47 Å². The summed E-state index contributed by atoms with van der Waals surface area (Å²) in [5.74, 6) is 1.53. The summed E-state index contributed by atoms with van der Waals surface area (Å²) in [5.41, 5.74) is 1.12. The Balaban J connectivity index is 0.00000210. The Kier molecular flexibility index (Phi) is 6.53. The molecule has 3 fully saturated rings. The minimum absolute atomic E-state index is 0. The molecule has 0 unspecified atom stereocenters. The van der Waals surface area contributed by atoms with Crippen LogP contribution >= 0.6 is 12.4 Å². The van der Waals surface area contributed by atoms with Gasteiger partial charge in [-0.15, -0.1) is 12.4 Å². The molecule has 150 valence electrons. The molecule has 1 aromatic rings. The summed E-state index contributed by atoms with van der Waals surface area (Å²) in [6.45, 7) is 3.93. The van der Waals surface area contributed by atoms with Gasteiger partial charge in [-0.1, -0.05) is 0 Å². The van der Waals surface area contributed by atoms with Gasteiger partial charge in [0.15, 0.2) is 11.5 Å². The third kappa shape index (κ3) is 4.35. The number of rotatable bonds is 4. The molecule has 1 aliphatic carbocycles. The molecule has 2 saturated heterocycles. The van der Waals surface area contributed by atoms with Gasteiger partial charge in [-0.3, -0.25) is 4.79 Å². The number of amides is 1. The van der Waals surface area contributed by atoms with E-state index in [1.165, 1.54) is 19.3 Å². The smallest absolute Gasteiger partial charge is 0.253 e. The van der Waals surface area contributed by atoms with Crippen LogP contribution in [0.2, 0.25) is 0 Å². The van der Waals surface area contributed by atoms with E-state index in [1.54, 1.807) is 7.11 Å². The van der Waals surface area contributed by atoms with Gasteiger partial charge >= 0.3 is 0 Å². The summed E-state index contributed by atoms with van der Waals surface area (Å²) in [7, 11) is 1.64. The van der Waals surface area contributed by atoms with Crippen LogP contribution in [0.1, 0.15) is 55.3 Å². The third-order valence-electron chi connectivity index (χ3n) is 6.45. The van der Waals surface area contributed by atoms with Crippen molar-refractivity contribution in [2.24, 2.45) is 5.41 Å². The van der Waals surface area contributed by atoms with Crippen LogP contribution in [-0.2, 0) is 0 Å². The van der Waals surface area contributed by atoms with E-state index in [0.717, 1.165) is 57.6 Å². The molecule has 1 N–H and O–H groups in total. The predicted molar refractivity (Wildman–Crippen MR) is 108 cm³/mol. The highest BCUT2D eigenvalue weighted by Crippen LogP contribution is 2.38. The van der Waals surface area contributed by atoms with Gasteiger partial charge in [0.25, 0.3) is 5.91 Å². The maximum atomic E-state index is 12.9. The van der Waals surface area contributed by atoms with Crippen molar-refractivity contribution >= 4 is 18.3 Å². The summed E-state index contributed by atoms with van der Waals surface area (Å²) in [5, 5.41) is 3.48. The lowest BCUT2D eigenvalue weighted by Crippen LogP contribution is -2.44. The fourth-order valence-corrected chi connectivity index (χ4v) is 4.67. The van der Waals surface area contributed by atoms with E-state index in [9.17, 15) is 4.79 Å². The van der Waals surface area contributed by atoms with E-state index in [0.29, 0.717) is 16.7 Å². The Hall–Kier alpha value is -1.46. The number of methoxy groups -OCH3 is 1. The van der Waals surface area contributed by atoms with Crippen molar-refractivity contribution in [3.8, 4) is 11.5 Å². The minimum atomic E-state index is 0. The maximum absolute atomic E-state index is 12.9. The highest BCUT2D eigenvalue weighted by atomic mass is 35.5. The van der Waals surface area contributed by atoms with Crippen molar-refractivity contribution in [3.63, 3.8) is 0 Å². The second-order valence-electron chi connectivity index (χ2n) is 8.11. The normalized spacial score (nSPS) is 21.9. The SMILES string of the molecule is COc1cc(C(=O)N2CCC3(CCNC3)CC2)ccc1OC1CCCC1.Cl. The number of halogens is 1. The highest BCUT2D eigenvalue weighted by Gasteiger charge is 2.38. The number of hydrogen-bond acceptors (Lipinski definition) is 4. The highest BCUT2D eigenvalue weighted by molar-refractivity contribution is 5.95. The molecule has 0 radical (unpaired) electrons. The van der Waals surface area contributed by atoms with E-state index >= 15 is 0 Å². The Bertz CT molecular complexity index is 645. The van der Waals surface area contributed by atoms with Crippen LogP contribution in [0.5, 0.6) is 11.5 Å². The number of carbonyl (C=O) groups excluding carboxylic acids is 1. The van der Waals surface area contributed by atoms with E-state index in [-0.39, 0.29) is 24.4 Å². The zero-order valence-electron chi connectivity index (χ0n) is 16.2. The van der Waals surface area contributed by atoms with E-state index in [2.05, 4.69) is 5.32 Å². The topological polar surface area (TPSA) is 50.8 Å². The van der Waals surface area contributed by atoms with Gasteiger partial charge < -0.3 is 19.7 Å². The monoisotopic (exact) mass is 394 g/mol. The zero-order valence-corrected chi connectivity index (χ0v) is 17.0. The fraction of sp³-hybridized carbons (Fsp3) is 0.667. The summed E-state index contributed by atoms with van der Waals surface area (Å²) in [4.78, 5) is 14.9. The molecule has 2 aliphatic heterocycles. The molecule has 5 nitrogen and oxygen atoms in total. The van der Waals surface area contributed by atoms with Gasteiger partial charge in [0.1, 0.15) is 0 Å². The molecule has 2 heterocycles. The van der Waals surface area contributed by atoms with E-state index < -0.39 is 0 Å². The lowest BCUT2D eigenvalue weighted by atomic mass is 9.78. The summed E-state index contributed by atoms with van der Waals surface area (Å²) in [6, 6.07) is 5.63. The lowest BCUT2D eigenvalue weighted by Gasteiger charge is -2.39. The van der Waals surface area contributed by atoms with Gasteiger partial charge in [-0.2, -0.15) is 0 Å². The molecule has 0 aromatic heterocycles. The van der Waals surface area contributed by atoms with Gasteiger partial charge in [-0.05, 0) is 75.1 Å². The molecule has 1 spiro atoms. The number of hydrogen-bond donors (Lipinski definition) is 1. The Labute approximate surface area is 168 Å². The summed E-state index contributed by atoms with van der Waals surface area (Å²) >= 11 is 0.